The average Bonchev–Trinajstić information content (AvgIpc) is 3.00. The summed E-state index contributed by atoms with van der Waals surface area (Å²) in [6, 6.07) is 1.61. The van der Waals surface area contributed by atoms with Gasteiger partial charge in [-0.15, -0.1) is 0 Å². The minimum Gasteiger partial charge on any atom is -0.466 e. The Morgan fingerprint density at radius 1 is 0.809 bits per heavy atom. The van der Waals surface area contributed by atoms with E-state index in [1.54, 1.807) is 22.8 Å². The van der Waals surface area contributed by atoms with E-state index >= 15 is 0 Å². The second-order valence-corrected chi connectivity index (χ2v) is 14.5. The highest BCUT2D eigenvalue weighted by atomic mass is 16.6. The zero-order chi connectivity index (χ0) is 34.8. The van der Waals surface area contributed by atoms with Crippen molar-refractivity contribution >= 4 is 29.9 Å². The highest BCUT2D eigenvalue weighted by Crippen LogP contribution is 2.28. The molecule has 3 aliphatic rings. The van der Waals surface area contributed by atoms with Crippen LogP contribution < -0.4 is 10.5 Å². The summed E-state index contributed by atoms with van der Waals surface area (Å²) < 4.78 is 15.5. The van der Waals surface area contributed by atoms with Gasteiger partial charge in [0.1, 0.15) is 23.4 Å². The van der Waals surface area contributed by atoms with E-state index in [4.69, 9.17) is 19.2 Å². The Bertz CT molecular complexity index is 1260. The molecule has 0 saturated carbocycles. The molecule has 0 unspecified atom stereocenters. The van der Waals surface area contributed by atoms with Gasteiger partial charge in [0.2, 0.25) is 5.95 Å². The number of amides is 2. The molecule has 3 aliphatic heterocycles. The number of aromatic nitrogens is 2. The molecule has 0 aliphatic carbocycles. The summed E-state index contributed by atoms with van der Waals surface area (Å²) in [5.41, 5.74) is -0.248. The van der Waals surface area contributed by atoms with Gasteiger partial charge in [0.25, 0.3) is 5.56 Å². The van der Waals surface area contributed by atoms with Crippen LogP contribution in [-0.4, -0.2) is 101 Å². The fraction of sp³-hybridized carbons (Fsp3) is 0.765. The van der Waals surface area contributed by atoms with Crippen molar-refractivity contribution in [1.29, 1.82) is 0 Å². The normalized spacial score (nSPS) is 18.1. The summed E-state index contributed by atoms with van der Waals surface area (Å²) in [5, 5.41) is 0. The summed E-state index contributed by atoms with van der Waals surface area (Å²) >= 11 is 0. The van der Waals surface area contributed by atoms with Crippen LogP contribution in [0.2, 0.25) is 0 Å². The van der Waals surface area contributed by atoms with Gasteiger partial charge in [-0.25, -0.2) is 14.6 Å². The number of piperidine rings is 3. The lowest BCUT2D eigenvalue weighted by Gasteiger charge is -2.33. The lowest BCUT2D eigenvalue weighted by Crippen LogP contribution is -2.43. The van der Waals surface area contributed by atoms with Crippen LogP contribution in [0.1, 0.15) is 111 Å². The number of H-pyrrole nitrogens is 1. The number of anilines is 1. The molecule has 3 saturated heterocycles. The molecule has 2 amide bonds. The molecular formula is C34H55N5O8. The van der Waals surface area contributed by atoms with Crippen molar-refractivity contribution in [1.82, 2.24) is 19.8 Å². The maximum absolute atomic E-state index is 12.2. The van der Waals surface area contributed by atoms with Gasteiger partial charge in [-0.2, -0.15) is 0 Å². The van der Waals surface area contributed by atoms with Crippen LogP contribution in [0, 0.1) is 5.92 Å². The van der Waals surface area contributed by atoms with Crippen molar-refractivity contribution in [2.45, 2.75) is 117 Å². The standard InChI is InChI=1S/C19H30N4O3.C15H25NO5/c1-19(2,3)26-18(25)23-11-7-14(8-12-23)15-13-16(24)21-17(20-15)22-9-5-4-6-10-22;1-5-20-13(18)10-12(17)11-6-8-16(9-7-11)14(19)21-15(2,3)4/h13-14H,4-12H2,1-3H3,(H,20,21,24);11H,5-10H2,1-4H3. The van der Waals surface area contributed by atoms with Gasteiger partial charge in [-0.3, -0.25) is 19.4 Å². The Morgan fingerprint density at radius 2 is 1.32 bits per heavy atom. The topological polar surface area (TPSA) is 151 Å². The van der Waals surface area contributed by atoms with Gasteiger partial charge in [-0.05, 0) is 93.4 Å². The van der Waals surface area contributed by atoms with E-state index in [1.165, 1.54) is 6.42 Å². The molecular weight excluding hydrogens is 606 g/mol. The van der Waals surface area contributed by atoms with Crippen molar-refractivity contribution in [3.63, 3.8) is 0 Å². The zero-order valence-corrected chi connectivity index (χ0v) is 29.4. The van der Waals surface area contributed by atoms with E-state index in [-0.39, 0.29) is 48.4 Å². The second kappa shape index (κ2) is 17.0. The van der Waals surface area contributed by atoms with Crippen LogP contribution in [0.3, 0.4) is 0 Å². The molecule has 0 atom stereocenters. The minimum absolute atomic E-state index is 0.0925. The highest BCUT2D eigenvalue weighted by Gasteiger charge is 2.31. The number of nitrogens with one attached hydrogen (secondary N) is 1. The Labute approximate surface area is 278 Å². The molecule has 0 spiro atoms. The molecule has 4 heterocycles. The molecule has 4 rings (SSSR count). The number of carbonyl (C=O) groups is 4. The van der Waals surface area contributed by atoms with Gasteiger partial charge in [-0.1, -0.05) is 0 Å². The molecule has 1 aromatic rings. The van der Waals surface area contributed by atoms with Crippen molar-refractivity contribution in [3.05, 3.63) is 22.1 Å². The summed E-state index contributed by atoms with van der Waals surface area (Å²) in [5.74, 6) is 0.156. The lowest BCUT2D eigenvalue weighted by molar-refractivity contribution is -0.146. The van der Waals surface area contributed by atoms with Crippen LogP contribution in [0.15, 0.2) is 10.9 Å². The molecule has 1 N–H and O–H groups in total. The first kappa shape index (κ1) is 37.8. The van der Waals surface area contributed by atoms with Gasteiger partial charge >= 0.3 is 18.2 Å². The van der Waals surface area contributed by atoms with Crippen molar-refractivity contribution in [2.24, 2.45) is 5.92 Å². The van der Waals surface area contributed by atoms with Crippen LogP contribution in [-0.2, 0) is 23.8 Å². The van der Waals surface area contributed by atoms with Gasteiger partial charge in [0.05, 0.1) is 12.3 Å². The first-order valence-corrected chi connectivity index (χ1v) is 17.0. The van der Waals surface area contributed by atoms with E-state index < -0.39 is 17.2 Å². The zero-order valence-electron chi connectivity index (χ0n) is 29.4. The van der Waals surface area contributed by atoms with Crippen molar-refractivity contribution in [3.8, 4) is 0 Å². The van der Waals surface area contributed by atoms with Gasteiger partial charge in [0.15, 0.2) is 0 Å². The molecule has 0 radical (unpaired) electrons. The first-order valence-electron chi connectivity index (χ1n) is 17.0. The van der Waals surface area contributed by atoms with E-state index in [1.807, 2.05) is 41.5 Å². The number of ketones is 1. The SMILES string of the molecule is CC(C)(C)OC(=O)N1CCC(c2cc(=O)[nH]c(N3CCCCC3)n2)CC1.CCOC(=O)CC(=O)C1CCN(C(=O)OC(C)(C)C)CC1. The monoisotopic (exact) mass is 661 g/mol. The largest absolute Gasteiger partial charge is 0.466 e. The predicted molar refractivity (Wildman–Crippen MR) is 177 cm³/mol. The quantitative estimate of drug-likeness (QED) is 0.250. The Balaban J connectivity index is 0.000000262. The summed E-state index contributed by atoms with van der Waals surface area (Å²) in [6.07, 6.45) is 5.47. The summed E-state index contributed by atoms with van der Waals surface area (Å²) in [4.78, 5) is 72.6. The number of esters is 1. The highest BCUT2D eigenvalue weighted by molar-refractivity contribution is 5.96. The number of Topliss-reactive ketones (excluding diaryl/α,β-unsaturated/α-hetero) is 1. The fourth-order valence-corrected chi connectivity index (χ4v) is 5.82. The predicted octanol–water partition coefficient (Wildman–Crippen LogP) is 5.03. The first-order chi connectivity index (χ1) is 22.0. The Hall–Kier alpha value is -3.64. The van der Waals surface area contributed by atoms with Crippen LogP contribution >= 0.6 is 0 Å². The second-order valence-electron chi connectivity index (χ2n) is 14.5. The molecule has 13 nitrogen and oxygen atoms in total. The maximum atomic E-state index is 12.2. The summed E-state index contributed by atoms with van der Waals surface area (Å²) in [6.45, 7) is 17.2. The lowest BCUT2D eigenvalue weighted by atomic mass is 9.91. The number of carbonyl (C=O) groups excluding carboxylic acids is 4. The number of hydrogen-bond donors (Lipinski definition) is 1. The smallest absolute Gasteiger partial charge is 0.410 e. The number of likely N-dealkylation sites (tertiary alicyclic amines) is 2. The van der Waals surface area contributed by atoms with Gasteiger partial charge < -0.3 is 28.9 Å². The van der Waals surface area contributed by atoms with Crippen molar-refractivity contribution in [2.75, 3.05) is 50.8 Å². The van der Waals surface area contributed by atoms with Gasteiger partial charge in [0, 0.05) is 57.2 Å². The minimum atomic E-state index is -0.520. The Morgan fingerprint density at radius 3 is 1.81 bits per heavy atom. The van der Waals surface area contributed by atoms with E-state index in [0.717, 1.165) is 44.5 Å². The summed E-state index contributed by atoms with van der Waals surface area (Å²) in [7, 11) is 0. The molecule has 3 fully saturated rings. The fourth-order valence-electron chi connectivity index (χ4n) is 5.82. The number of hydrogen-bond acceptors (Lipinski definition) is 10. The molecule has 13 heteroatoms. The molecule has 0 aromatic carbocycles. The number of nitrogens with zero attached hydrogens (tertiary/aromatic N) is 4. The third-order valence-corrected chi connectivity index (χ3v) is 8.20. The third-order valence-electron chi connectivity index (χ3n) is 8.20. The van der Waals surface area contributed by atoms with E-state index in [9.17, 15) is 24.0 Å². The molecule has 0 bridgehead atoms. The van der Waals surface area contributed by atoms with Crippen molar-refractivity contribution < 1.29 is 33.4 Å². The molecule has 47 heavy (non-hydrogen) atoms. The Kier molecular flexibility index (Phi) is 13.6. The maximum Gasteiger partial charge on any atom is 0.410 e. The van der Waals surface area contributed by atoms with Crippen LogP contribution in [0.25, 0.3) is 0 Å². The molecule has 1 aromatic heterocycles. The number of ether oxygens (including phenoxy) is 3. The number of aromatic amines is 1. The van der Waals surface area contributed by atoms with E-state index in [2.05, 4.69) is 9.88 Å². The van der Waals surface area contributed by atoms with Crippen LogP contribution in [0.5, 0.6) is 0 Å². The third kappa shape index (κ3) is 12.8. The number of rotatable bonds is 6. The average molecular weight is 662 g/mol. The van der Waals surface area contributed by atoms with E-state index in [0.29, 0.717) is 45.0 Å². The molecule has 264 valence electrons. The van der Waals surface area contributed by atoms with Crippen LogP contribution in [0.4, 0.5) is 15.5 Å².